The molecule has 2 rings (SSSR count). The summed E-state index contributed by atoms with van der Waals surface area (Å²) in [5, 5.41) is 2.86. The number of rotatable bonds is 9. The van der Waals surface area contributed by atoms with Crippen molar-refractivity contribution in [3.05, 3.63) is 58.6 Å². The Bertz CT molecular complexity index is 824. The average molecular weight is 463 g/mol. The third kappa shape index (κ3) is 6.78. The summed E-state index contributed by atoms with van der Waals surface area (Å²) >= 11 is 3.41. The lowest BCUT2D eigenvalue weighted by molar-refractivity contribution is -0.142. The van der Waals surface area contributed by atoms with E-state index in [4.69, 9.17) is 9.47 Å². The molecule has 0 radical (unpaired) electrons. The highest BCUT2D eigenvalue weighted by atomic mass is 79.9. The zero-order chi connectivity index (χ0) is 21.4. The summed E-state index contributed by atoms with van der Waals surface area (Å²) in [7, 11) is 1.54. The fraction of sp³-hybridized carbons (Fsp3) is 0.364. The molecule has 0 fully saturated rings. The molecule has 0 saturated carbocycles. The van der Waals surface area contributed by atoms with Gasteiger partial charge in [0.05, 0.1) is 7.11 Å². The highest BCUT2D eigenvalue weighted by Crippen LogP contribution is 2.26. The van der Waals surface area contributed by atoms with E-state index in [0.29, 0.717) is 18.0 Å². The first-order valence-corrected chi connectivity index (χ1v) is 10.2. The molecule has 0 spiro atoms. The first-order valence-electron chi connectivity index (χ1n) is 9.42. The number of para-hydroxylation sites is 2. The van der Waals surface area contributed by atoms with Crippen LogP contribution in [0.5, 0.6) is 11.5 Å². The van der Waals surface area contributed by atoms with Crippen molar-refractivity contribution in [3.8, 4) is 11.5 Å². The number of carbonyl (C=O) groups excluding carboxylic acids is 2. The van der Waals surface area contributed by atoms with Gasteiger partial charge < -0.3 is 19.7 Å². The first kappa shape index (κ1) is 22.7. The van der Waals surface area contributed by atoms with Gasteiger partial charge in [0.25, 0.3) is 5.91 Å². The Labute approximate surface area is 180 Å². The van der Waals surface area contributed by atoms with E-state index in [-0.39, 0.29) is 24.5 Å². The lowest BCUT2D eigenvalue weighted by Gasteiger charge is -2.29. The van der Waals surface area contributed by atoms with E-state index in [1.54, 1.807) is 32.2 Å². The van der Waals surface area contributed by atoms with Gasteiger partial charge >= 0.3 is 0 Å². The Kier molecular flexibility index (Phi) is 8.51. The predicted molar refractivity (Wildman–Crippen MR) is 116 cm³/mol. The molecule has 2 amide bonds. The van der Waals surface area contributed by atoms with Gasteiger partial charge in [-0.05, 0) is 50.6 Å². The van der Waals surface area contributed by atoms with Crippen molar-refractivity contribution in [2.75, 3.05) is 13.7 Å². The Hall–Kier alpha value is -2.54. The molecule has 0 heterocycles. The van der Waals surface area contributed by atoms with E-state index in [2.05, 4.69) is 21.2 Å². The summed E-state index contributed by atoms with van der Waals surface area (Å²) in [6, 6.07) is 14.1. The third-order valence-corrected chi connectivity index (χ3v) is 4.81. The van der Waals surface area contributed by atoms with Gasteiger partial charge in [0.15, 0.2) is 18.1 Å². The lowest BCUT2D eigenvalue weighted by Crippen LogP contribution is -2.50. The monoisotopic (exact) mass is 462 g/mol. The summed E-state index contributed by atoms with van der Waals surface area (Å²) in [5.74, 6) is 0.532. The second-order valence-corrected chi connectivity index (χ2v) is 7.84. The maximum Gasteiger partial charge on any atom is 0.261 e. The van der Waals surface area contributed by atoms with Gasteiger partial charge in [-0.15, -0.1) is 0 Å². The molecule has 156 valence electrons. The summed E-state index contributed by atoms with van der Waals surface area (Å²) in [5.41, 5.74) is 0.919. The number of amides is 2. The zero-order valence-corrected chi connectivity index (χ0v) is 18.7. The second-order valence-electron chi connectivity index (χ2n) is 6.93. The minimum atomic E-state index is -0.644. The van der Waals surface area contributed by atoms with Crippen LogP contribution < -0.4 is 14.8 Å². The number of methoxy groups -OCH3 is 1. The lowest BCUT2D eigenvalue weighted by atomic mass is 10.1. The van der Waals surface area contributed by atoms with Gasteiger partial charge in [0.2, 0.25) is 5.91 Å². The van der Waals surface area contributed by atoms with Crippen LogP contribution in [0.3, 0.4) is 0 Å². The molecule has 0 bridgehead atoms. The smallest absolute Gasteiger partial charge is 0.261 e. The number of hydrogen-bond donors (Lipinski definition) is 1. The number of ether oxygens (including phenoxy) is 2. The van der Waals surface area contributed by atoms with Crippen molar-refractivity contribution < 1.29 is 19.1 Å². The molecule has 0 aliphatic carbocycles. The van der Waals surface area contributed by atoms with E-state index >= 15 is 0 Å². The maximum absolute atomic E-state index is 13.0. The molecule has 1 N–H and O–H groups in total. The van der Waals surface area contributed by atoms with Crippen LogP contribution in [0.1, 0.15) is 26.3 Å². The summed E-state index contributed by atoms with van der Waals surface area (Å²) < 4.78 is 11.9. The Morgan fingerprint density at radius 3 is 2.24 bits per heavy atom. The molecule has 1 atom stereocenters. The molecular formula is C22H27BrN2O4. The highest BCUT2D eigenvalue weighted by molar-refractivity contribution is 9.10. The van der Waals surface area contributed by atoms with Crippen molar-refractivity contribution in [2.45, 2.75) is 39.4 Å². The van der Waals surface area contributed by atoms with Crippen molar-refractivity contribution >= 4 is 27.7 Å². The van der Waals surface area contributed by atoms with Gasteiger partial charge in [-0.1, -0.05) is 40.2 Å². The predicted octanol–water partition coefficient (Wildman–Crippen LogP) is 3.78. The maximum atomic E-state index is 13.0. The van der Waals surface area contributed by atoms with E-state index < -0.39 is 6.04 Å². The highest BCUT2D eigenvalue weighted by Gasteiger charge is 2.27. The molecule has 0 aliphatic rings. The number of nitrogens with zero attached hydrogens (tertiary/aromatic N) is 1. The molecule has 0 aliphatic heterocycles. The second kappa shape index (κ2) is 10.9. The molecular weight excluding hydrogens is 436 g/mol. The molecule has 2 aromatic carbocycles. The number of halogens is 1. The SMILES string of the molecule is COc1ccccc1OCC(=O)N(Cc1ccc(Br)cc1)[C@@H](C)C(=O)NC(C)C. The van der Waals surface area contributed by atoms with E-state index in [9.17, 15) is 9.59 Å². The van der Waals surface area contributed by atoms with E-state index in [1.807, 2.05) is 44.2 Å². The average Bonchev–Trinajstić information content (AvgIpc) is 2.70. The van der Waals surface area contributed by atoms with Crippen molar-refractivity contribution in [2.24, 2.45) is 0 Å². The third-order valence-electron chi connectivity index (χ3n) is 4.28. The summed E-state index contributed by atoms with van der Waals surface area (Å²) in [6.07, 6.45) is 0. The topological polar surface area (TPSA) is 67.9 Å². The largest absolute Gasteiger partial charge is 0.493 e. The molecule has 0 unspecified atom stereocenters. The first-order chi connectivity index (χ1) is 13.8. The van der Waals surface area contributed by atoms with Crippen LogP contribution in [0, 0.1) is 0 Å². The van der Waals surface area contributed by atoms with Crippen LogP contribution in [0.15, 0.2) is 53.0 Å². The fourth-order valence-electron chi connectivity index (χ4n) is 2.73. The standard InChI is InChI=1S/C22H27BrN2O4/c1-15(2)24-22(27)16(3)25(13-17-9-11-18(23)12-10-17)21(26)14-29-20-8-6-5-7-19(20)28-4/h5-12,15-16H,13-14H2,1-4H3,(H,24,27)/t16-/m0/s1. The normalized spacial score (nSPS) is 11.7. The van der Waals surface area contributed by atoms with Gasteiger partial charge in [0.1, 0.15) is 6.04 Å². The molecule has 29 heavy (non-hydrogen) atoms. The van der Waals surface area contributed by atoms with E-state index in [0.717, 1.165) is 10.0 Å². The number of carbonyl (C=O) groups is 2. The van der Waals surface area contributed by atoms with Crippen LogP contribution in [0.2, 0.25) is 0 Å². The van der Waals surface area contributed by atoms with Gasteiger partial charge in [-0.2, -0.15) is 0 Å². The molecule has 7 heteroatoms. The van der Waals surface area contributed by atoms with Crippen LogP contribution in [-0.2, 0) is 16.1 Å². The van der Waals surface area contributed by atoms with E-state index in [1.165, 1.54) is 4.90 Å². The van der Waals surface area contributed by atoms with Gasteiger partial charge in [0, 0.05) is 17.1 Å². The Morgan fingerprint density at radius 1 is 1.03 bits per heavy atom. The summed E-state index contributed by atoms with van der Waals surface area (Å²) in [4.78, 5) is 27.1. The molecule has 6 nitrogen and oxygen atoms in total. The minimum absolute atomic E-state index is 0.0144. The van der Waals surface area contributed by atoms with Crippen LogP contribution in [-0.4, -0.2) is 42.5 Å². The molecule has 0 saturated heterocycles. The molecule has 0 aromatic heterocycles. The summed E-state index contributed by atoms with van der Waals surface area (Å²) in [6.45, 7) is 5.59. The minimum Gasteiger partial charge on any atom is -0.493 e. The molecule has 2 aromatic rings. The number of nitrogens with one attached hydrogen (secondary N) is 1. The van der Waals surface area contributed by atoms with Gasteiger partial charge in [-0.3, -0.25) is 9.59 Å². The zero-order valence-electron chi connectivity index (χ0n) is 17.1. The Balaban J connectivity index is 2.16. The number of benzene rings is 2. The quantitative estimate of drug-likeness (QED) is 0.615. The van der Waals surface area contributed by atoms with Crippen LogP contribution >= 0.6 is 15.9 Å². The van der Waals surface area contributed by atoms with Gasteiger partial charge in [-0.25, -0.2) is 0 Å². The van der Waals surface area contributed by atoms with Crippen molar-refractivity contribution in [3.63, 3.8) is 0 Å². The fourth-order valence-corrected chi connectivity index (χ4v) is 3.00. The van der Waals surface area contributed by atoms with Crippen molar-refractivity contribution in [1.29, 1.82) is 0 Å². The van der Waals surface area contributed by atoms with Crippen LogP contribution in [0.4, 0.5) is 0 Å². The van der Waals surface area contributed by atoms with Crippen molar-refractivity contribution in [1.82, 2.24) is 10.2 Å². The number of hydrogen-bond acceptors (Lipinski definition) is 4. The van der Waals surface area contributed by atoms with Crippen LogP contribution in [0.25, 0.3) is 0 Å². The Morgan fingerprint density at radius 2 is 1.66 bits per heavy atom.